The van der Waals surface area contributed by atoms with Gasteiger partial charge in [-0.3, -0.25) is 4.79 Å². The largest absolute Gasteiger partial charge is 0.387 e. The quantitative estimate of drug-likeness (QED) is 0.274. The number of halogens is 3. The molecule has 3 aromatic rings. The molecule has 3 heterocycles. The number of fused-ring (bicyclic) bond motifs is 1. The lowest BCUT2D eigenvalue weighted by molar-refractivity contribution is -0.312. The van der Waals surface area contributed by atoms with E-state index in [0.717, 1.165) is 5.56 Å². The van der Waals surface area contributed by atoms with Gasteiger partial charge in [0.15, 0.2) is 24.0 Å². The van der Waals surface area contributed by atoms with Crippen LogP contribution in [0.2, 0.25) is 0 Å². The van der Waals surface area contributed by atoms with Crippen molar-refractivity contribution in [3.63, 3.8) is 0 Å². The summed E-state index contributed by atoms with van der Waals surface area (Å²) in [5.41, 5.74) is 0.666. The molecule has 2 aliphatic heterocycles. The van der Waals surface area contributed by atoms with Crippen LogP contribution in [0, 0.1) is 11.6 Å². The van der Waals surface area contributed by atoms with Crippen LogP contribution in [0.5, 0.6) is 0 Å². The molecule has 0 aliphatic carbocycles. The van der Waals surface area contributed by atoms with Crippen LogP contribution in [0.15, 0.2) is 58.1 Å². The number of aliphatic hydroxyl groups excluding tert-OH is 1. The average molecular weight is 606 g/mol. The lowest BCUT2D eigenvalue weighted by atomic mass is 9.91. The summed E-state index contributed by atoms with van der Waals surface area (Å²) in [6, 6.07) is 10.9. The van der Waals surface area contributed by atoms with Crippen molar-refractivity contribution in [3.05, 3.63) is 70.3 Å². The third-order valence-electron chi connectivity index (χ3n) is 6.74. The minimum absolute atomic E-state index is 0.0312. The van der Waals surface area contributed by atoms with Crippen LogP contribution in [-0.2, 0) is 19.0 Å². The van der Waals surface area contributed by atoms with E-state index in [1.54, 1.807) is 25.9 Å². The minimum atomic E-state index is -1.46. The number of amides is 1. The number of ether oxygens (including phenoxy) is 3. The molecular formula is C26H26BrF2N5O5. The van der Waals surface area contributed by atoms with Gasteiger partial charge in [-0.25, -0.2) is 13.5 Å². The first kappa shape index (κ1) is 27.5. The molecule has 2 fully saturated rings. The Labute approximate surface area is 231 Å². The second kappa shape index (κ2) is 11.2. The van der Waals surface area contributed by atoms with E-state index in [0.29, 0.717) is 5.84 Å². The Morgan fingerprint density at radius 2 is 1.90 bits per heavy atom. The minimum Gasteiger partial charge on any atom is -0.387 e. The zero-order valence-corrected chi connectivity index (χ0v) is 22.8. The number of carbonyl (C=O) groups is 1. The molecule has 0 bridgehead atoms. The fourth-order valence-electron chi connectivity index (χ4n) is 4.50. The van der Waals surface area contributed by atoms with Gasteiger partial charge >= 0.3 is 0 Å². The molecule has 1 aromatic heterocycles. The zero-order valence-electron chi connectivity index (χ0n) is 21.2. The molecule has 13 heteroatoms. The number of hydrogen-bond donors (Lipinski definition) is 1. The fraction of sp³-hybridized carbons (Fsp3) is 0.385. The number of benzene rings is 2. The first-order valence-electron chi connectivity index (χ1n) is 12.1. The molecule has 0 spiro atoms. The van der Waals surface area contributed by atoms with E-state index < -0.39 is 54.3 Å². The molecule has 6 atom stereocenters. The zero-order chi connectivity index (χ0) is 27.8. The van der Waals surface area contributed by atoms with Gasteiger partial charge in [-0.15, -0.1) is 5.10 Å². The molecule has 5 rings (SSSR count). The summed E-state index contributed by atoms with van der Waals surface area (Å²) in [7, 11) is 3.47. The lowest BCUT2D eigenvalue weighted by Crippen LogP contribution is -2.61. The van der Waals surface area contributed by atoms with E-state index in [9.17, 15) is 18.7 Å². The van der Waals surface area contributed by atoms with Crippen LogP contribution in [-0.4, -0.2) is 81.9 Å². The highest BCUT2D eigenvalue weighted by Crippen LogP contribution is 2.40. The Morgan fingerprint density at radius 1 is 1.15 bits per heavy atom. The molecule has 206 valence electrons. The molecule has 2 saturated heterocycles. The Morgan fingerprint density at radius 3 is 2.62 bits per heavy atom. The van der Waals surface area contributed by atoms with Gasteiger partial charge in [-0.2, -0.15) is 4.99 Å². The van der Waals surface area contributed by atoms with Crippen LogP contribution >= 0.6 is 15.9 Å². The van der Waals surface area contributed by atoms with Gasteiger partial charge in [0.1, 0.15) is 35.9 Å². The third-order valence-corrected chi connectivity index (χ3v) is 7.35. The Kier molecular flexibility index (Phi) is 7.87. The van der Waals surface area contributed by atoms with Crippen molar-refractivity contribution in [2.24, 2.45) is 4.99 Å². The standard InChI is InChI=1S/C26H26BrF2N5O5/c1-13(33(2)3)30-25(36)24-22(35)21(23-18(38-24)12-37-26(39-23)14-7-5-4-6-8-14)34-11-17(31-32-34)15-9-10-16(27)20(29)19(15)28/h4-11,18,21-24,26,35H,12H2,1-3H3/t18-,21-,22-,23+,24-,26+/m1/s1. The van der Waals surface area contributed by atoms with Crippen molar-refractivity contribution in [2.75, 3.05) is 20.7 Å². The van der Waals surface area contributed by atoms with E-state index in [4.69, 9.17) is 14.2 Å². The van der Waals surface area contributed by atoms with Crippen molar-refractivity contribution in [1.29, 1.82) is 0 Å². The maximum Gasteiger partial charge on any atom is 0.279 e. The molecule has 0 saturated carbocycles. The number of rotatable bonds is 4. The Balaban J connectivity index is 1.52. The van der Waals surface area contributed by atoms with Crippen molar-refractivity contribution in [1.82, 2.24) is 19.9 Å². The lowest BCUT2D eigenvalue weighted by Gasteiger charge is -2.47. The summed E-state index contributed by atoms with van der Waals surface area (Å²) >= 11 is 2.96. The number of aliphatic hydroxyl groups is 1. The number of hydrogen-bond acceptors (Lipinski definition) is 7. The van der Waals surface area contributed by atoms with Gasteiger partial charge < -0.3 is 24.2 Å². The normalized spacial score (nSPS) is 27.2. The van der Waals surface area contributed by atoms with Gasteiger partial charge in [0.2, 0.25) is 0 Å². The molecule has 2 aliphatic rings. The number of amidine groups is 1. The predicted octanol–water partition coefficient (Wildman–Crippen LogP) is 3.28. The fourth-order valence-corrected chi connectivity index (χ4v) is 4.80. The van der Waals surface area contributed by atoms with E-state index in [-0.39, 0.29) is 22.3 Å². The number of aromatic nitrogens is 3. The van der Waals surface area contributed by atoms with Gasteiger partial charge in [-0.1, -0.05) is 35.5 Å². The van der Waals surface area contributed by atoms with Crippen molar-refractivity contribution in [3.8, 4) is 11.3 Å². The first-order chi connectivity index (χ1) is 18.7. The van der Waals surface area contributed by atoms with Crippen LogP contribution in [0.25, 0.3) is 11.3 Å². The van der Waals surface area contributed by atoms with E-state index >= 15 is 0 Å². The van der Waals surface area contributed by atoms with Crippen molar-refractivity contribution in [2.45, 2.75) is 43.7 Å². The van der Waals surface area contributed by atoms with Gasteiger partial charge in [-0.05, 0) is 35.0 Å². The van der Waals surface area contributed by atoms with Crippen molar-refractivity contribution < 1.29 is 32.9 Å². The average Bonchev–Trinajstić information content (AvgIpc) is 3.40. The predicted molar refractivity (Wildman–Crippen MR) is 139 cm³/mol. The maximum absolute atomic E-state index is 14.7. The molecule has 39 heavy (non-hydrogen) atoms. The highest BCUT2D eigenvalue weighted by atomic mass is 79.9. The molecule has 2 aromatic carbocycles. The molecule has 10 nitrogen and oxygen atoms in total. The van der Waals surface area contributed by atoms with E-state index in [1.165, 1.54) is 23.0 Å². The third kappa shape index (κ3) is 5.37. The van der Waals surface area contributed by atoms with E-state index in [2.05, 4.69) is 31.2 Å². The molecular weight excluding hydrogens is 580 g/mol. The second-order valence-electron chi connectivity index (χ2n) is 9.45. The van der Waals surface area contributed by atoms with E-state index in [1.807, 2.05) is 30.3 Å². The smallest absolute Gasteiger partial charge is 0.279 e. The highest BCUT2D eigenvalue weighted by Gasteiger charge is 2.53. The molecule has 0 unspecified atom stereocenters. The number of aliphatic imine (C=N–C) groups is 1. The summed E-state index contributed by atoms with van der Waals surface area (Å²) in [5.74, 6) is -2.43. The van der Waals surface area contributed by atoms with Crippen LogP contribution in [0.4, 0.5) is 8.78 Å². The number of nitrogens with zero attached hydrogens (tertiary/aromatic N) is 5. The second-order valence-corrected chi connectivity index (χ2v) is 10.3. The van der Waals surface area contributed by atoms with Crippen LogP contribution in [0.1, 0.15) is 24.8 Å². The highest BCUT2D eigenvalue weighted by molar-refractivity contribution is 9.10. The first-order valence-corrected chi connectivity index (χ1v) is 12.9. The summed E-state index contributed by atoms with van der Waals surface area (Å²) in [5, 5.41) is 19.6. The number of carbonyl (C=O) groups excluding carboxylic acids is 1. The summed E-state index contributed by atoms with van der Waals surface area (Å²) in [6.45, 7) is 1.71. The van der Waals surface area contributed by atoms with Crippen molar-refractivity contribution >= 4 is 27.7 Å². The van der Waals surface area contributed by atoms with Gasteiger partial charge in [0, 0.05) is 25.2 Å². The Bertz CT molecular complexity index is 1390. The molecule has 0 radical (unpaired) electrons. The maximum atomic E-state index is 14.7. The Hall–Kier alpha value is -3.10. The molecule has 1 N–H and O–H groups in total. The summed E-state index contributed by atoms with van der Waals surface area (Å²) in [6.07, 6.45) is -3.82. The summed E-state index contributed by atoms with van der Waals surface area (Å²) in [4.78, 5) is 18.8. The van der Waals surface area contributed by atoms with Crippen LogP contribution in [0.3, 0.4) is 0 Å². The SMILES string of the molecule is CC(=NC(=O)[C@@H]1O[C@@H]2CO[C@H](c3ccccc3)O[C@@H]2[C@H](n2cc(-c3ccc(Br)c(F)c3F)nn2)[C@H]1O)N(C)C. The molecule has 1 amide bonds. The van der Waals surface area contributed by atoms with Crippen LogP contribution < -0.4 is 0 Å². The monoisotopic (exact) mass is 605 g/mol. The van der Waals surface area contributed by atoms with Gasteiger partial charge in [0.25, 0.3) is 5.91 Å². The van der Waals surface area contributed by atoms with Gasteiger partial charge in [0.05, 0.1) is 17.3 Å². The topological polar surface area (TPSA) is 111 Å². The summed E-state index contributed by atoms with van der Waals surface area (Å²) < 4.78 is 48.2.